The molecule has 1 aromatic rings. The van der Waals surface area contributed by atoms with Crippen molar-refractivity contribution in [2.24, 2.45) is 11.7 Å². The summed E-state index contributed by atoms with van der Waals surface area (Å²) in [5, 5.41) is 4.89. The van der Waals surface area contributed by atoms with Crippen molar-refractivity contribution in [2.75, 3.05) is 13.2 Å². The van der Waals surface area contributed by atoms with Crippen molar-refractivity contribution in [3.05, 3.63) is 22.4 Å². The lowest BCUT2D eigenvalue weighted by Gasteiger charge is -2.26. The summed E-state index contributed by atoms with van der Waals surface area (Å²) >= 11 is 1.64. The van der Waals surface area contributed by atoms with Gasteiger partial charge in [-0.3, -0.25) is 4.79 Å². The predicted octanol–water partition coefficient (Wildman–Crippen LogP) is 1.54. The first-order valence-electron chi connectivity index (χ1n) is 5.91. The predicted molar refractivity (Wildman–Crippen MR) is 74.9 cm³/mol. The van der Waals surface area contributed by atoms with E-state index in [1.165, 1.54) is 0 Å². The van der Waals surface area contributed by atoms with Crippen LogP contribution in [-0.4, -0.2) is 25.2 Å². The summed E-state index contributed by atoms with van der Waals surface area (Å²) in [6.45, 7) is 2.01. The number of carbonyl (C=O) groups is 1. The van der Waals surface area contributed by atoms with Crippen molar-refractivity contribution < 1.29 is 9.53 Å². The second-order valence-corrected chi connectivity index (χ2v) is 5.30. The lowest BCUT2D eigenvalue weighted by molar-refractivity contribution is -0.124. The largest absolute Gasteiger partial charge is 0.381 e. The van der Waals surface area contributed by atoms with Gasteiger partial charge in [0.1, 0.15) is 0 Å². The van der Waals surface area contributed by atoms with Crippen molar-refractivity contribution in [1.29, 1.82) is 0 Å². The van der Waals surface area contributed by atoms with Crippen molar-refractivity contribution >= 4 is 29.7 Å². The van der Waals surface area contributed by atoms with Gasteiger partial charge in [0.05, 0.1) is 12.6 Å². The van der Waals surface area contributed by atoms with Crippen molar-refractivity contribution in [3.8, 4) is 0 Å². The van der Waals surface area contributed by atoms with E-state index in [2.05, 4.69) is 5.32 Å². The molecule has 2 rings (SSSR count). The monoisotopic (exact) mass is 290 g/mol. The first-order valence-corrected chi connectivity index (χ1v) is 6.79. The minimum atomic E-state index is -0.404. The fourth-order valence-corrected chi connectivity index (χ4v) is 2.64. The molecule has 1 aliphatic rings. The average Bonchev–Trinajstić information content (AvgIpc) is 2.89. The maximum atomic E-state index is 11.9. The van der Waals surface area contributed by atoms with E-state index in [9.17, 15) is 4.79 Å². The van der Waals surface area contributed by atoms with Crippen LogP contribution in [0.3, 0.4) is 0 Å². The topological polar surface area (TPSA) is 64.4 Å². The number of hydrogen-bond donors (Lipinski definition) is 2. The Balaban J connectivity index is 0.00000162. The van der Waals surface area contributed by atoms with Gasteiger partial charge in [-0.25, -0.2) is 0 Å². The van der Waals surface area contributed by atoms with Crippen molar-refractivity contribution in [3.63, 3.8) is 0 Å². The summed E-state index contributed by atoms with van der Waals surface area (Å²) in [4.78, 5) is 13.0. The van der Waals surface area contributed by atoms with Gasteiger partial charge in [-0.1, -0.05) is 6.07 Å². The SMILES string of the molecule is Cl.NC(C(=O)NCc1cccs1)C1CCOCC1. The van der Waals surface area contributed by atoms with Crippen LogP contribution in [-0.2, 0) is 16.1 Å². The van der Waals surface area contributed by atoms with E-state index in [0.717, 1.165) is 30.9 Å². The smallest absolute Gasteiger partial charge is 0.237 e. The molecule has 6 heteroatoms. The van der Waals surface area contributed by atoms with E-state index in [0.29, 0.717) is 6.54 Å². The van der Waals surface area contributed by atoms with Crippen LogP contribution in [0.2, 0.25) is 0 Å². The molecule has 1 fully saturated rings. The minimum Gasteiger partial charge on any atom is -0.381 e. The van der Waals surface area contributed by atoms with E-state index in [1.807, 2.05) is 17.5 Å². The lowest BCUT2D eigenvalue weighted by Crippen LogP contribution is -2.46. The van der Waals surface area contributed by atoms with Crippen LogP contribution in [0.15, 0.2) is 17.5 Å². The molecule has 1 aromatic heterocycles. The number of nitrogens with two attached hydrogens (primary N) is 1. The summed E-state index contributed by atoms with van der Waals surface area (Å²) in [5.41, 5.74) is 5.97. The molecule has 2 heterocycles. The number of amides is 1. The van der Waals surface area contributed by atoms with Crippen LogP contribution < -0.4 is 11.1 Å². The summed E-state index contributed by atoms with van der Waals surface area (Å²) in [6.07, 6.45) is 1.77. The van der Waals surface area contributed by atoms with Crippen LogP contribution in [0, 0.1) is 5.92 Å². The molecule has 0 radical (unpaired) electrons. The van der Waals surface area contributed by atoms with Crippen molar-refractivity contribution in [2.45, 2.75) is 25.4 Å². The van der Waals surface area contributed by atoms with E-state index in [-0.39, 0.29) is 24.2 Å². The molecule has 4 nitrogen and oxygen atoms in total. The number of halogens is 1. The Morgan fingerprint density at radius 1 is 1.56 bits per heavy atom. The molecular formula is C12H19ClN2O2S. The van der Waals surface area contributed by atoms with Crippen LogP contribution in [0.25, 0.3) is 0 Å². The zero-order chi connectivity index (χ0) is 12.1. The molecule has 1 aliphatic heterocycles. The normalized spacial score (nSPS) is 17.8. The van der Waals surface area contributed by atoms with Crippen molar-refractivity contribution in [1.82, 2.24) is 5.32 Å². The Bertz CT molecular complexity index is 353. The van der Waals surface area contributed by atoms with E-state index >= 15 is 0 Å². The first-order chi connectivity index (χ1) is 8.27. The summed E-state index contributed by atoms with van der Waals surface area (Å²) < 4.78 is 5.26. The van der Waals surface area contributed by atoms with Gasteiger partial charge in [-0.05, 0) is 30.2 Å². The highest BCUT2D eigenvalue weighted by atomic mass is 35.5. The highest BCUT2D eigenvalue weighted by Gasteiger charge is 2.26. The highest BCUT2D eigenvalue weighted by Crippen LogP contribution is 2.17. The molecule has 18 heavy (non-hydrogen) atoms. The van der Waals surface area contributed by atoms with Gasteiger partial charge < -0.3 is 15.8 Å². The summed E-state index contributed by atoms with van der Waals surface area (Å²) in [5.74, 6) is 0.206. The molecule has 3 N–H and O–H groups in total. The second-order valence-electron chi connectivity index (χ2n) is 4.27. The third-order valence-corrected chi connectivity index (χ3v) is 3.97. The Morgan fingerprint density at radius 3 is 2.89 bits per heavy atom. The third kappa shape index (κ3) is 4.24. The number of hydrogen-bond acceptors (Lipinski definition) is 4. The zero-order valence-corrected chi connectivity index (χ0v) is 11.8. The molecule has 0 aliphatic carbocycles. The second kappa shape index (κ2) is 7.74. The number of carbonyl (C=O) groups excluding carboxylic acids is 1. The van der Waals surface area contributed by atoms with Gasteiger partial charge in [0, 0.05) is 18.1 Å². The van der Waals surface area contributed by atoms with Gasteiger partial charge in [0.2, 0.25) is 5.91 Å². The molecule has 0 spiro atoms. The van der Waals surface area contributed by atoms with E-state index in [4.69, 9.17) is 10.5 Å². The first kappa shape index (κ1) is 15.4. The molecule has 0 saturated carbocycles. The van der Waals surface area contributed by atoms with Gasteiger partial charge in [-0.2, -0.15) is 0 Å². The molecule has 1 atom stereocenters. The van der Waals surface area contributed by atoms with Gasteiger partial charge in [0.25, 0.3) is 0 Å². The molecule has 1 amide bonds. The Labute approximate surface area is 117 Å². The van der Waals surface area contributed by atoms with Crippen LogP contribution in [0.1, 0.15) is 17.7 Å². The quantitative estimate of drug-likeness (QED) is 0.884. The van der Waals surface area contributed by atoms with Crippen LogP contribution in [0.4, 0.5) is 0 Å². The summed E-state index contributed by atoms with van der Waals surface area (Å²) in [6, 6.07) is 3.58. The number of thiophene rings is 1. The molecular weight excluding hydrogens is 272 g/mol. The van der Waals surface area contributed by atoms with E-state index < -0.39 is 6.04 Å². The van der Waals surface area contributed by atoms with Crippen LogP contribution >= 0.6 is 23.7 Å². The molecule has 1 unspecified atom stereocenters. The Hall–Kier alpha value is -0.620. The van der Waals surface area contributed by atoms with Gasteiger partial charge in [0.15, 0.2) is 0 Å². The van der Waals surface area contributed by atoms with Gasteiger partial charge in [-0.15, -0.1) is 23.7 Å². The fourth-order valence-electron chi connectivity index (χ4n) is 1.99. The summed E-state index contributed by atoms with van der Waals surface area (Å²) in [7, 11) is 0. The zero-order valence-electron chi connectivity index (χ0n) is 10.1. The Kier molecular flexibility index (Phi) is 6.63. The van der Waals surface area contributed by atoms with Gasteiger partial charge >= 0.3 is 0 Å². The Morgan fingerprint density at radius 2 is 2.28 bits per heavy atom. The molecule has 0 aromatic carbocycles. The lowest BCUT2D eigenvalue weighted by atomic mass is 9.92. The maximum absolute atomic E-state index is 11.9. The molecule has 0 bridgehead atoms. The van der Waals surface area contributed by atoms with E-state index in [1.54, 1.807) is 11.3 Å². The standard InChI is InChI=1S/C12H18N2O2S.ClH/c13-11(9-3-5-16-6-4-9)12(15)14-8-10-2-1-7-17-10;/h1-2,7,9,11H,3-6,8,13H2,(H,14,15);1H. The average molecular weight is 291 g/mol. The maximum Gasteiger partial charge on any atom is 0.237 e. The minimum absolute atomic E-state index is 0. The number of ether oxygens (including phenoxy) is 1. The number of nitrogens with one attached hydrogen (secondary N) is 1. The molecule has 1 saturated heterocycles. The highest BCUT2D eigenvalue weighted by molar-refractivity contribution is 7.09. The number of rotatable bonds is 4. The third-order valence-electron chi connectivity index (χ3n) is 3.09. The van der Waals surface area contributed by atoms with Crippen LogP contribution in [0.5, 0.6) is 0 Å². The fraction of sp³-hybridized carbons (Fsp3) is 0.583. The molecule has 102 valence electrons.